The van der Waals surface area contributed by atoms with Crippen molar-refractivity contribution in [2.45, 2.75) is 45.1 Å². The Balaban J connectivity index is 1.35. The Kier molecular flexibility index (Phi) is 6.98. The van der Waals surface area contributed by atoms with Gasteiger partial charge in [-0.3, -0.25) is 9.59 Å². The Morgan fingerprint density at radius 2 is 1.75 bits per heavy atom. The van der Waals surface area contributed by atoms with Crippen LogP contribution in [0.2, 0.25) is 0 Å². The molecule has 32 heavy (non-hydrogen) atoms. The second-order valence-corrected chi connectivity index (χ2v) is 8.77. The fraction of sp³-hybridized carbons (Fsp3) is 0.462. The molecule has 2 aromatic rings. The van der Waals surface area contributed by atoms with Crippen molar-refractivity contribution in [1.29, 1.82) is 0 Å². The average molecular weight is 437 g/mol. The number of carbonyl (C=O) groups excluding carboxylic acids is 2. The molecule has 6 nitrogen and oxygen atoms in total. The fourth-order valence-corrected chi connectivity index (χ4v) is 4.05. The molecule has 0 spiro atoms. The van der Waals surface area contributed by atoms with E-state index in [4.69, 9.17) is 9.47 Å². The first-order valence-electron chi connectivity index (χ1n) is 11.5. The molecule has 1 aliphatic carbocycles. The summed E-state index contributed by atoms with van der Waals surface area (Å²) >= 11 is 0. The summed E-state index contributed by atoms with van der Waals surface area (Å²) in [6.07, 6.45) is 4.37. The molecule has 2 fully saturated rings. The molecule has 4 rings (SSSR count). The molecule has 1 N–H and O–H groups in total. The number of carbonyl (C=O) groups is 2. The van der Waals surface area contributed by atoms with Crippen LogP contribution in [-0.2, 0) is 11.2 Å². The quantitative estimate of drug-likeness (QED) is 0.684. The van der Waals surface area contributed by atoms with Gasteiger partial charge in [-0.2, -0.15) is 0 Å². The maximum absolute atomic E-state index is 12.9. The van der Waals surface area contributed by atoms with Crippen molar-refractivity contribution in [2.24, 2.45) is 5.92 Å². The van der Waals surface area contributed by atoms with Crippen LogP contribution in [0.25, 0.3) is 0 Å². The lowest BCUT2D eigenvalue weighted by Crippen LogP contribution is -2.42. The molecule has 1 aliphatic heterocycles. The van der Waals surface area contributed by atoms with Crippen LogP contribution in [0.5, 0.6) is 11.5 Å². The van der Waals surface area contributed by atoms with Crippen molar-refractivity contribution in [3.05, 3.63) is 59.2 Å². The van der Waals surface area contributed by atoms with Crippen LogP contribution in [0.1, 0.15) is 47.2 Å². The van der Waals surface area contributed by atoms with Gasteiger partial charge in [0.25, 0.3) is 5.91 Å². The Labute approximate surface area is 189 Å². The van der Waals surface area contributed by atoms with Crippen molar-refractivity contribution in [2.75, 3.05) is 26.7 Å². The van der Waals surface area contributed by atoms with Gasteiger partial charge in [0.1, 0.15) is 17.6 Å². The molecule has 170 valence electrons. The topological polar surface area (TPSA) is 67.9 Å². The number of nitrogens with zero attached hydrogens (tertiary/aromatic N) is 1. The van der Waals surface area contributed by atoms with Gasteiger partial charge >= 0.3 is 0 Å². The normalized spacial score (nSPS) is 16.5. The summed E-state index contributed by atoms with van der Waals surface area (Å²) in [7, 11) is 1.58. The van der Waals surface area contributed by atoms with Gasteiger partial charge in [-0.25, -0.2) is 0 Å². The minimum Gasteiger partial charge on any atom is -0.497 e. The zero-order chi connectivity index (χ0) is 22.5. The molecule has 0 radical (unpaired) electrons. The number of aryl methyl sites for hydroxylation is 1. The highest BCUT2D eigenvalue weighted by atomic mass is 16.5. The Morgan fingerprint density at radius 3 is 2.41 bits per heavy atom. The van der Waals surface area contributed by atoms with Gasteiger partial charge < -0.3 is 19.7 Å². The second-order valence-electron chi connectivity index (χ2n) is 8.77. The molecular weight excluding hydrogens is 404 g/mol. The number of amides is 2. The average Bonchev–Trinajstić information content (AvgIpc) is 3.66. The lowest BCUT2D eigenvalue weighted by molar-refractivity contribution is -0.134. The van der Waals surface area contributed by atoms with Crippen LogP contribution in [0.4, 0.5) is 0 Å². The summed E-state index contributed by atoms with van der Waals surface area (Å²) in [6.45, 7) is 4.04. The van der Waals surface area contributed by atoms with Gasteiger partial charge in [-0.05, 0) is 49.9 Å². The van der Waals surface area contributed by atoms with Crippen molar-refractivity contribution in [3.63, 3.8) is 0 Å². The highest BCUT2D eigenvalue weighted by Crippen LogP contribution is 2.33. The second kappa shape index (κ2) is 10.1. The number of benzene rings is 2. The number of likely N-dealkylation sites (tertiary alicyclic amines) is 1. The number of ether oxygens (including phenoxy) is 2. The molecule has 2 aromatic carbocycles. The highest BCUT2D eigenvalue weighted by Gasteiger charge is 2.35. The molecule has 0 aromatic heterocycles. The monoisotopic (exact) mass is 436 g/mol. The Hall–Kier alpha value is -3.02. The maximum atomic E-state index is 12.9. The maximum Gasteiger partial charge on any atom is 0.255 e. The first kappa shape index (κ1) is 22.2. The largest absolute Gasteiger partial charge is 0.497 e. The third-order valence-electron chi connectivity index (χ3n) is 6.23. The zero-order valence-electron chi connectivity index (χ0n) is 18.9. The lowest BCUT2D eigenvalue weighted by atomic mass is 10.1. The zero-order valence-corrected chi connectivity index (χ0v) is 18.9. The molecule has 0 unspecified atom stereocenters. The number of methoxy groups -OCH3 is 1. The summed E-state index contributed by atoms with van der Waals surface area (Å²) < 4.78 is 11.6. The van der Waals surface area contributed by atoms with Gasteiger partial charge in [0.2, 0.25) is 5.91 Å². The molecule has 1 heterocycles. The fourth-order valence-electron chi connectivity index (χ4n) is 4.05. The van der Waals surface area contributed by atoms with E-state index in [1.165, 1.54) is 11.1 Å². The number of rotatable bonds is 8. The van der Waals surface area contributed by atoms with E-state index in [-0.39, 0.29) is 17.9 Å². The van der Waals surface area contributed by atoms with Crippen LogP contribution in [0, 0.1) is 12.8 Å². The summed E-state index contributed by atoms with van der Waals surface area (Å²) in [5, 5.41) is 3.01. The van der Waals surface area contributed by atoms with E-state index in [0.717, 1.165) is 32.1 Å². The molecule has 0 bridgehead atoms. The van der Waals surface area contributed by atoms with Gasteiger partial charge in [-0.15, -0.1) is 0 Å². The summed E-state index contributed by atoms with van der Waals surface area (Å²) in [5.74, 6) is 1.55. The molecule has 6 heteroatoms. The van der Waals surface area contributed by atoms with Gasteiger partial charge in [0.15, 0.2) is 0 Å². The van der Waals surface area contributed by atoms with E-state index in [2.05, 4.69) is 36.5 Å². The van der Waals surface area contributed by atoms with Crippen LogP contribution in [0.15, 0.2) is 42.5 Å². The smallest absolute Gasteiger partial charge is 0.255 e. The van der Waals surface area contributed by atoms with Gasteiger partial charge in [0.05, 0.1) is 12.7 Å². The number of hydrogen-bond donors (Lipinski definition) is 1. The van der Waals surface area contributed by atoms with E-state index in [1.54, 1.807) is 19.2 Å². The minimum atomic E-state index is -0.174. The summed E-state index contributed by atoms with van der Waals surface area (Å²) in [4.78, 5) is 27.2. The van der Waals surface area contributed by atoms with E-state index < -0.39 is 0 Å². The third-order valence-corrected chi connectivity index (χ3v) is 6.23. The van der Waals surface area contributed by atoms with Crippen LogP contribution >= 0.6 is 0 Å². The lowest BCUT2D eigenvalue weighted by Gasteiger charge is -2.32. The predicted molar refractivity (Wildman–Crippen MR) is 123 cm³/mol. The van der Waals surface area contributed by atoms with Crippen molar-refractivity contribution < 1.29 is 19.1 Å². The Morgan fingerprint density at radius 1 is 1.03 bits per heavy atom. The van der Waals surface area contributed by atoms with Crippen LogP contribution < -0.4 is 14.8 Å². The molecule has 1 saturated carbocycles. The standard InChI is InChI=1S/C26H32N2O4/c1-18-3-5-19(6-4-18)11-14-27-25(29)23-17-22(31-2)9-10-24(23)32-21-12-15-28(16-13-21)26(30)20-7-8-20/h3-6,9-10,17,20-21H,7-8,11-16H2,1-2H3,(H,27,29). The van der Waals surface area contributed by atoms with E-state index in [0.29, 0.717) is 42.6 Å². The van der Waals surface area contributed by atoms with Gasteiger partial charge in [-0.1, -0.05) is 29.8 Å². The van der Waals surface area contributed by atoms with Crippen molar-refractivity contribution >= 4 is 11.8 Å². The SMILES string of the molecule is COc1ccc(OC2CCN(C(=O)C3CC3)CC2)c(C(=O)NCCc2ccc(C)cc2)c1. The molecule has 0 atom stereocenters. The van der Waals surface area contributed by atoms with E-state index in [9.17, 15) is 9.59 Å². The molecule has 2 aliphatic rings. The van der Waals surface area contributed by atoms with Gasteiger partial charge in [0, 0.05) is 38.4 Å². The first-order valence-corrected chi connectivity index (χ1v) is 11.5. The first-order chi connectivity index (χ1) is 15.5. The Bertz CT molecular complexity index is 945. The molecule has 2 amide bonds. The summed E-state index contributed by atoms with van der Waals surface area (Å²) in [5.41, 5.74) is 2.88. The van der Waals surface area contributed by atoms with Crippen molar-refractivity contribution in [1.82, 2.24) is 10.2 Å². The van der Waals surface area contributed by atoms with Crippen LogP contribution in [-0.4, -0.2) is 49.6 Å². The molecule has 1 saturated heterocycles. The van der Waals surface area contributed by atoms with Crippen molar-refractivity contribution in [3.8, 4) is 11.5 Å². The molecular formula is C26H32N2O4. The number of piperidine rings is 1. The number of hydrogen-bond acceptors (Lipinski definition) is 4. The highest BCUT2D eigenvalue weighted by molar-refractivity contribution is 5.97. The minimum absolute atomic E-state index is 0.00856. The van der Waals surface area contributed by atoms with E-state index >= 15 is 0 Å². The summed E-state index contributed by atoms with van der Waals surface area (Å²) in [6, 6.07) is 13.7. The number of nitrogens with one attached hydrogen (secondary N) is 1. The van der Waals surface area contributed by atoms with E-state index in [1.807, 2.05) is 11.0 Å². The third kappa shape index (κ3) is 5.61. The predicted octanol–water partition coefficient (Wildman–Crippen LogP) is 3.76. The van der Waals surface area contributed by atoms with Crippen LogP contribution in [0.3, 0.4) is 0 Å².